The van der Waals surface area contributed by atoms with Crippen LogP contribution in [0.3, 0.4) is 0 Å². The summed E-state index contributed by atoms with van der Waals surface area (Å²) in [5.74, 6) is 0. The van der Waals surface area contributed by atoms with Crippen molar-refractivity contribution < 1.29 is 18.2 Å². The van der Waals surface area contributed by atoms with E-state index in [2.05, 4.69) is 9.05 Å². The van der Waals surface area contributed by atoms with E-state index in [1.165, 1.54) is 14.2 Å². The molecule has 0 spiro atoms. The minimum Gasteiger partial charge on any atom is -0.324 e. The molecule has 0 saturated carbocycles. The highest BCUT2D eigenvalue weighted by molar-refractivity contribution is 7.62. The summed E-state index contributed by atoms with van der Waals surface area (Å²) in [6.45, 7) is 7.30. The van der Waals surface area contributed by atoms with E-state index in [1.54, 1.807) is 20.3 Å². The minimum atomic E-state index is -2.66. The minimum absolute atomic E-state index is 0. The summed E-state index contributed by atoms with van der Waals surface area (Å²) in [5, 5.41) is 0. The molecule has 0 radical (unpaired) electrons. The predicted molar refractivity (Wildman–Crippen MR) is 89.1 cm³/mol. The van der Waals surface area contributed by atoms with E-state index in [0.717, 1.165) is 6.16 Å². The van der Waals surface area contributed by atoms with E-state index in [0.29, 0.717) is 6.16 Å². The molecule has 0 aromatic heterocycles. The molecule has 0 aliphatic rings. The van der Waals surface area contributed by atoms with Crippen LogP contribution >= 0.6 is 14.7 Å². The third-order valence-electron chi connectivity index (χ3n) is 1.71. The lowest BCUT2D eigenvalue weighted by Crippen LogP contribution is -1.89. The van der Waals surface area contributed by atoms with Gasteiger partial charge in [-0.25, -0.2) is 0 Å². The van der Waals surface area contributed by atoms with Crippen molar-refractivity contribution in [1.29, 1.82) is 0 Å². The van der Waals surface area contributed by atoms with Crippen molar-refractivity contribution in [2.45, 2.75) is 43.6 Å². The van der Waals surface area contributed by atoms with Gasteiger partial charge < -0.3 is 13.6 Å². The van der Waals surface area contributed by atoms with Crippen molar-refractivity contribution in [2.24, 2.45) is 0 Å². The Hall–Kier alpha value is 0.380. The molecule has 0 aliphatic carbocycles. The molecule has 0 amide bonds. The van der Waals surface area contributed by atoms with E-state index in [-0.39, 0.29) is 29.7 Å². The van der Waals surface area contributed by atoms with Gasteiger partial charge in [-0.2, -0.15) is 0 Å². The highest BCUT2D eigenvalue weighted by atomic mass is 31.2. The lowest BCUT2D eigenvalue weighted by molar-refractivity contribution is 0.277. The monoisotopic (exact) mass is 308 g/mol. The first kappa shape index (κ1) is 36.2. The van der Waals surface area contributed by atoms with Crippen LogP contribution in [0.4, 0.5) is 0 Å². The maximum atomic E-state index is 10.9. The zero-order valence-corrected chi connectivity index (χ0v) is 11.7. The van der Waals surface area contributed by atoms with Crippen LogP contribution in [-0.4, -0.2) is 39.9 Å². The Bertz CT molecular complexity index is 205. The SMILES string of the molecule is C.C.C.C.CCP(=O)(OC)OC.CCP(C)(C)=O. The molecule has 0 fully saturated rings. The number of hydrogen-bond acceptors (Lipinski definition) is 4. The molecular weight excluding hydrogens is 270 g/mol. The van der Waals surface area contributed by atoms with Crippen LogP contribution in [0.2, 0.25) is 0 Å². The van der Waals surface area contributed by atoms with Gasteiger partial charge in [-0.1, -0.05) is 43.6 Å². The fourth-order valence-electron chi connectivity index (χ4n) is 0.333. The summed E-state index contributed by atoms with van der Waals surface area (Å²) in [6, 6.07) is 0. The first-order valence-electron chi connectivity index (χ1n) is 4.49. The zero-order chi connectivity index (χ0) is 11.8. The lowest BCUT2D eigenvalue weighted by Gasteiger charge is -2.08. The van der Waals surface area contributed by atoms with Crippen molar-refractivity contribution in [1.82, 2.24) is 0 Å². The molecule has 0 atom stereocenters. The van der Waals surface area contributed by atoms with E-state index in [9.17, 15) is 9.13 Å². The van der Waals surface area contributed by atoms with Crippen LogP contribution in [-0.2, 0) is 18.2 Å². The van der Waals surface area contributed by atoms with E-state index in [1.807, 2.05) is 6.92 Å². The quantitative estimate of drug-likeness (QED) is 0.628. The molecule has 0 bridgehead atoms. The molecule has 0 saturated heterocycles. The fourth-order valence-corrected chi connectivity index (χ4v) is 0.998. The number of rotatable bonds is 4. The zero-order valence-electron chi connectivity index (χ0n) is 9.94. The van der Waals surface area contributed by atoms with E-state index in [4.69, 9.17) is 0 Å². The summed E-state index contributed by atoms with van der Waals surface area (Å²) in [5.41, 5.74) is 0. The third kappa shape index (κ3) is 25.3. The average Bonchev–Trinajstić information content (AvgIpc) is 2.16. The maximum Gasteiger partial charge on any atom is 0.329 e. The van der Waals surface area contributed by atoms with Gasteiger partial charge in [-0.05, 0) is 19.5 Å². The first-order chi connectivity index (χ1) is 6.24. The lowest BCUT2D eigenvalue weighted by atomic mass is 11.0. The molecule has 0 unspecified atom stereocenters. The molecule has 18 heavy (non-hydrogen) atoms. The molecule has 4 nitrogen and oxygen atoms in total. The Kier molecular flexibility index (Phi) is 35.0. The summed E-state index contributed by atoms with van der Waals surface area (Å²) in [6.07, 6.45) is 1.26. The van der Waals surface area contributed by atoms with Crippen molar-refractivity contribution in [3.05, 3.63) is 0 Å². The van der Waals surface area contributed by atoms with Crippen molar-refractivity contribution in [3.63, 3.8) is 0 Å². The molecule has 120 valence electrons. The van der Waals surface area contributed by atoms with Crippen LogP contribution in [0, 0.1) is 0 Å². The third-order valence-corrected chi connectivity index (χ3v) is 5.12. The predicted octanol–water partition coefficient (Wildman–Crippen LogP) is 5.67. The van der Waals surface area contributed by atoms with Crippen LogP contribution < -0.4 is 0 Å². The van der Waals surface area contributed by atoms with Crippen LogP contribution in [0.1, 0.15) is 43.6 Å². The standard InChI is InChI=1S/C4H11O3P.C4H11OP.4CH4/c1-4-8(5,6-2)7-3;1-4-6(2,3)5;;;;/h4H2,1-3H3;4H2,1-3H3;4*1H4. The molecule has 0 N–H and O–H groups in total. The first-order valence-corrected chi connectivity index (χ1v) is 9.00. The molecular formula is C12H38O4P2. The second-order valence-corrected chi connectivity index (χ2v) is 9.55. The average molecular weight is 308 g/mol. The fraction of sp³-hybridized carbons (Fsp3) is 1.00. The topological polar surface area (TPSA) is 52.6 Å². The Balaban J connectivity index is -0.0000000335. The summed E-state index contributed by atoms with van der Waals surface area (Å²) >= 11 is 0. The van der Waals surface area contributed by atoms with Gasteiger partial charge in [0.15, 0.2) is 0 Å². The van der Waals surface area contributed by atoms with Gasteiger partial charge in [0.25, 0.3) is 0 Å². The highest BCUT2D eigenvalue weighted by Crippen LogP contribution is 2.45. The molecule has 0 aromatic carbocycles. The smallest absolute Gasteiger partial charge is 0.324 e. The van der Waals surface area contributed by atoms with E-state index >= 15 is 0 Å². The Morgan fingerprint density at radius 3 is 1.00 bits per heavy atom. The van der Waals surface area contributed by atoms with E-state index < -0.39 is 14.7 Å². The summed E-state index contributed by atoms with van der Waals surface area (Å²) in [4.78, 5) is 0. The maximum absolute atomic E-state index is 10.9. The second kappa shape index (κ2) is 17.4. The summed E-state index contributed by atoms with van der Waals surface area (Å²) < 4.78 is 30.6. The largest absolute Gasteiger partial charge is 0.329 e. The van der Waals surface area contributed by atoms with Gasteiger partial charge in [-0.3, -0.25) is 4.57 Å². The van der Waals surface area contributed by atoms with Gasteiger partial charge >= 0.3 is 7.60 Å². The van der Waals surface area contributed by atoms with Crippen LogP contribution in [0.15, 0.2) is 0 Å². The Labute approximate surface area is 117 Å². The Morgan fingerprint density at radius 1 is 0.778 bits per heavy atom. The Morgan fingerprint density at radius 2 is 1.00 bits per heavy atom. The molecule has 0 rings (SSSR count). The van der Waals surface area contributed by atoms with Gasteiger partial charge in [-0.15, -0.1) is 0 Å². The van der Waals surface area contributed by atoms with Crippen molar-refractivity contribution >= 4 is 14.7 Å². The van der Waals surface area contributed by atoms with Crippen molar-refractivity contribution in [2.75, 3.05) is 39.9 Å². The highest BCUT2D eigenvalue weighted by Gasteiger charge is 2.15. The second-order valence-electron chi connectivity index (χ2n) is 3.18. The van der Waals surface area contributed by atoms with Gasteiger partial charge in [0, 0.05) is 20.4 Å². The van der Waals surface area contributed by atoms with Gasteiger partial charge in [0.05, 0.1) is 7.14 Å². The number of hydrogen-bond donors (Lipinski definition) is 0. The van der Waals surface area contributed by atoms with Crippen LogP contribution in [0.25, 0.3) is 0 Å². The molecule has 0 aromatic rings. The van der Waals surface area contributed by atoms with Crippen molar-refractivity contribution in [3.8, 4) is 0 Å². The molecule has 0 aliphatic heterocycles. The van der Waals surface area contributed by atoms with Gasteiger partial charge in [0.1, 0.15) is 0 Å². The summed E-state index contributed by atoms with van der Waals surface area (Å²) in [7, 11) is -1.54. The molecule has 6 heteroatoms. The van der Waals surface area contributed by atoms with Gasteiger partial charge in [0.2, 0.25) is 0 Å². The normalized spacial score (nSPS) is 9.22. The molecule has 0 heterocycles. The van der Waals surface area contributed by atoms with Crippen LogP contribution in [0.5, 0.6) is 0 Å².